The van der Waals surface area contributed by atoms with Gasteiger partial charge in [0.05, 0.1) is 6.04 Å². The normalized spacial score (nSPS) is 18.0. The first-order valence-corrected chi connectivity index (χ1v) is 9.45. The molecule has 1 aliphatic heterocycles. The fourth-order valence-electron chi connectivity index (χ4n) is 3.61. The smallest absolute Gasteiger partial charge is 0.254 e. The quantitative estimate of drug-likeness (QED) is 0.822. The zero-order chi connectivity index (χ0) is 18.5. The van der Waals surface area contributed by atoms with E-state index in [4.69, 9.17) is 0 Å². The van der Waals surface area contributed by atoms with Gasteiger partial charge in [0.2, 0.25) is 0 Å². The van der Waals surface area contributed by atoms with E-state index in [1.165, 1.54) is 5.56 Å². The van der Waals surface area contributed by atoms with Crippen molar-refractivity contribution in [1.82, 2.24) is 9.80 Å². The molecule has 138 valence electrons. The lowest BCUT2D eigenvalue weighted by atomic mass is 10.0. The van der Waals surface area contributed by atoms with Crippen LogP contribution >= 0.6 is 0 Å². The molecule has 0 spiro atoms. The molecule has 0 aromatic heterocycles. The summed E-state index contributed by atoms with van der Waals surface area (Å²) in [6, 6.07) is 18.5. The van der Waals surface area contributed by atoms with E-state index in [0.29, 0.717) is 0 Å². The summed E-state index contributed by atoms with van der Waals surface area (Å²) in [5.41, 5.74) is 3.12. The van der Waals surface area contributed by atoms with Crippen LogP contribution in [0.4, 0.5) is 5.69 Å². The van der Waals surface area contributed by atoms with Crippen molar-refractivity contribution in [2.75, 3.05) is 45.2 Å². The van der Waals surface area contributed by atoms with Gasteiger partial charge < -0.3 is 14.7 Å². The third-order valence-electron chi connectivity index (χ3n) is 5.14. The molecule has 0 aliphatic carbocycles. The Labute approximate surface area is 157 Å². The molecule has 1 amide bonds. The zero-order valence-electron chi connectivity index (χ0n) is 16.1. The minimum atomic E-state index is 0.102. The van der Waals surface area contributed by atoms with Crippen LogP contribution in [0.15, 0.2) is 54.6 Å². The Morgan fingerprint density at radius 3 is 2.42 bits per heavy atom. The Bertz CT molecular complexity index is 714. The lowest BCUT2D eigenvalue weighted by molar-refractivity contribution is 0.0498. The number of hydrogen-bond acceptors (Lipinski definition) is 3. The van der Waals surface area contributed by atoms with Crippen LogP contribution in [0.1, 0.15) is 35.3 Å². The molecule has 1 fully saturated rings. The fourth-order valence-corrected chi connectivity index (χ4v) is 3.61. The molecule has 1 atom stereocenters. The molecule has 0 N–H and O–H groups in total. The van der Waals surface area contributed by atoms with Gasteiger partial charge in [-0.25, -0.2) is 0 Å². The predicted octanol–water partition coefficient (Wildman–Crippen LogP) is 3.66. The largest absolute Gasteiger partial charge is 0.375 e. The van der Waals surface area contributed by atoms with Crippen LogP contribution in [0, 0.1) is 0 Å². The van der Waals surface area contributed by atoms with Gasteiger partial charge in [-0.1, -0.05) is 37.3 Å². The summed E-state index contributed by atoms with van der Waals surface area (Å²) >= 11 is 0. The summed E-state index contributed by atoms with van der Waals surface area (Å²) in [5, 5.41) is 0. The molecule has 1 heterocycles. The Morgan fingerprint density at radius 1 is 1.08 bits per heavy atom. The van der Waals surface area contributed by atoms with E-state index >= 15 is 0 Å². The van der Waals surface area contributed by atoms with Crippen LogP contribution in [-0.4, -0.2) is 56.0 Å². The Kier molecular flexibility index (Phi) is 5.94. The molecule has 1 unspecified atom stereocenters. The summed E-state index contributed by atoms with van der Waals surface area (Å²) in [6.45, 7) is 5.72. The number of rotatable bonds is 5. The number of amides is 1. The Balaban J connectivity index is 1.80. The number of hydrogen-bond donors (Lipinski definition) is 0. The first-order valence-electron chi connectivity index (χ1n) is 9.45. The standard InChI is InChI=1S/C22H29N3O/c1-4-14-24(3)20-12-10-19(11-13-20)22(26)25-16-15-23(2)17-21(25)18-8-6-5-7-9-18/h5-13,21H,4,14-17H2,1-3H3. The average molecular weight is 351 g/mol. The number of carbonyl (C=O) groups excluding carboxylic acids is 1. The number of anilines is 1. The van der Waals surface area contributed by atoms with Crippen molar-refractivity contribution in [1.29, 1.82) is 0 Å². The van der Waals surface area contributed by atoms with Gasteiger partial charge in [0.15, 0.2) is 0 Å². The highest BCUT2D eigenvalue weighted by atomic mass is 16.2. The van der Waals surface area contributed by atoms with Gasteiger partial charge in [-0.3, -0.25) is 4.79 Å². The molecule has 1 saturated heterocycles. The minimum absolute atomic E-state index is 0.102. The summed E-state index contributed by atoms with van der Waals surface area (Å²) in [4.78, 5) is 19.7. The van der Waals surface area contributed by atoms with Crippen LogP contribution in [0.5, 0.6) is 0 Å². The van der Waals surface area contributed by atoms with E-state index in [-0.39, 0.29) is 11.9 Å². The molecule has 3 rings (SSSR count). The van der Waals surface area contributed by atoms with E-state index in [9.17, 15) is 4.79 Å². The Morgan fingerprint density at radius 2 is 1.77 bits per heavy atom. The maximum atomic E-state index is 13.2. The van der Waals surface area contributed by atoms with Gasteiger partial charge in [-0.05, 0) is 43.3 Å². The highest BCUT2D eigenvalue weighted by molar-refractivity contribution is 5.95. The lowest BCUT2D eigenvalue weighted by Crippen LogP contribution is -2.49. The molecule has 0 bridgehead atoms. The second-order valence-corrected chi connectivity index (χ2v) is 7.16. The van der Waals surface area contributed by atoms with Crippen LogP contribution < -0.4 is 4.90 Å². The lowest BCUT2D eigenvalue weighted by Gasteiger charge is -2.40. The minimum Gasteiger partial charge on any atom is -0.375 e. The monoisotopic (exact) mass is 351 g/mol. The van der Waals surface area contributed by atoms with Crippen LogP contribution in [0.3, 0.4) is 0 Å². The number of likely N-dealkylation sites (N-methyl/N-ethyl adjacent to an activating group) is 1. The van der Waals surface area contributed by atoms with Crippen molar-refractivity contribution >= 4 is 11.6 Å². The SMILES string of the molecule is CCCN(C)c1ccc(C(=O)N2CCN(C)CC2c2ccccc2)cc1. The fraction of sp³-hybridized carbons (Fsp3) is 0.409. The summed E-state index contributed by atoms with van der Waals surface area (Å²) in [7, 11) is 4.21. The molecule has 26 heavy (non-hydrogen) atoms. The molecule has 0 saturated carbocycles. The summed E-state index contributed by atoms with van der Waals surface area (Å²) in [6.07, 6.45) is 1.11. The van der Waals surface area contributed by atoms with E-state index in [0.717, 1.165) is 43.9 Å². The molecular formula is C22H29N3O. The van der Waals surface area contributed by atoms with Crippen molar-refractivity contribution in [3.63, 3.8) is 0 Å². The third-order valence-corrected chi connectivity index (χ3v) is 5.14. The molecule has 2 aromatic rings. The molecule has 4 heteroatoms. The topological polar surface area (TPSA) is 26.8 Å². The van der Waals surface area contributed by atoms with Crippen molar-refractivity contribution in [2.24, 2.45) is 0 Å². The molecule has 0 radical (unpaired) electrons. The maximum absolute atomic E-state index is 13.2. The summed E-state index contributed by atoms with van der Waals surface area (Å²) in [5.74, 6) is 0.122. The highest BCUT2D eigenvalue weighted by Crippen LogP contribution is 2.27. The van der Waals surface area contributed by atoms with Crippen LogP contribution in [-0.2, 0) is 0 Å². The number of nitrogens with zero attached hydrogens (tertiary/aromatic N) is 3. The van der Waals surface area contributed by atoms with E-state index in [2.05, 4.69) is 55.1 Å². The van der Waals surface area contributed by atoms with E-state index < -0.39 is 0 Å². The van der Waals surface area contributed by atoms with E-state index in [1.54, 1.807) is 0 Å². The average Bonchev–Trinajstić information content (AvgIpc) is 2.68. The van der Waals surface area contributed by atoms with Crippen LogP contribution in [0.2, 0.25) is 0 Å². The third kappa shape index (κ3) is 4.07. The van der Waals surface area contributed by atoms with Gasteiger partial charge in [0.1, 0.15) is 0 Å². The molecule has 2 aromatic carbocycles. The Hall–Kier alpha value is -2.33. The van der Waals surface area contributed by atoms with E-state index in [1.807, 2.05) is 35.2 Å². The van der Waals surface area contributed by atoms with Crippen molar-refractivity contribution < 1.29 is 4.79 Å². The number of carbonyl (C=O) groups is 1. The van der Waals surface area contributed by atoms with Crippen molar-refractivity contribution in [3.05, 3.63) is 65.7 Å². The first-order chi connectivity index (χ1) is 12.6. The summed E-state index contributed by atoms with van der Waals surface area (Å²) < 4.78 is 0. The highest BCUT2D eigenvalue weighted by Gasteiger charge is 2.30. The van der Waals surface area contributed by atoms with Gasteiger partial charge in [0.25, 0.3) is 5.91 Å². The predicted molar refractivity (Wildman–Crippen MR) is 108 cm³/mol. The molecule has 1 aliphatic rings. The van der Waals surface area contributed by atoms with Crippen molar-refractivity contribution in [3.8, 4) is 0 Å². The molecule has 4 nitrogen and oxygen atoms in total. The molecular weight excluding hydrogens is 322 g/mol. The van der Waals surface area contributed by atoms with Crippen LogP contribution in [0.25, 0.3) is 0 Å². The second-order valence-electron chi connectivity index (χ2n) is 7.16. The van der Waals surface area contributed by atoms with Gasteiger partial charge in [-0.15, -0.1) is 0 Å². The second kappa shape index (κ2) is 8.37. The van der Waals surface area contributed by atoms with Gasteiger partial charge in [0, 0.05) is 44.5 Å². The maximum Gasteiger partial charge on any atom is 0.254 e. The van der Waals surface area contributed by atoms with Gasteiger partial charge in [-0.2, -0.15) is 0 Å². The number of benzene rings is 2. The van der Waals surface area contributed by atoms with Gasteiger partial charge >= 0.3 is 0 Å². The zero-order valence-corrected chi connectivity index (χ0v) is 16.1. The van der Waals surface area contributed by atoms with Crippen molar-refractivity contribution in [2.45, 2.75) is 19.4 Å². The first kappa shape index (κ1) is 18.5. The number of piperazine rings is 1.